The van der Waals surface area contributed by atoms with E-state index in [0.29, 0.717) is 18.0 Å². The predicted octanol–water partition coefficient (Wildman–Crippen LogP) is 0.399. The molecule has 0 bridgehead atoms. The van der Waals surface area contributed by atoms with Crippen LogP contribution >= 0.6 is 0 Å². The van der Waals surface area contributed by atoms with E-state index < -0.39 is 0 Å². The molecule has 25 heavy (non-hydrogen) atoms. The van der Waals surface area contributed by atoms with E-state index in [9.17, 15) is 4.79 Å². The second-order valence-electron chi connectivity index (χ2n) is 6.89. The van der Waals surface area contributed by atoms with E-state index >= 15 is 0 Å². The monoisotopic (exact) mass is 344 g/mol. The van der Waals surface area contributed by atoms with Gasteiger partial charge in [-0.25, -0.2) is 4.98 Å². The first kappa shape index (κ1) is 16.3. The predicted molar refractivity (Wildman–Crippen MR) is 90.8 cm³/mol. The molecule has 2 aliphatic heterocycles. The van der Waals surface area contributed by atoms with Crippen LogP contribution in [0.2, 0.25) is 0 Å². The van der Waals surface area contributed by atoms with Crippen molar-refractivity contribution < 1.29 is 9.53 Å². The summed E-state index contributed by atoms with van der Waals surface area (Å²) in [5.41, 5.74) is 1.47. The minimum atomic E-state index is -0.123. The zero-order chi connectivity index (χ0) is 17.2. The fourth-order valence-corrected chi connectivity index (χ4v) is 3.51. The molecule has 1 fully saturated rings. The van der Waals surface area contributed by atoms with Crippen LogP contribution in [0, 0.1) is 5.92 Å². The molecule has 2 aromatic heterocycles. The number of amides is 1. The lowest BCUT2D eigenvalue weighted by Gasteiger charge is -2.29. The highest BCUT2D eigenvalue weighted by molar-refractivity contribution is 5.93. The normalized spacial score (nSPS) is 20.6. The van der Waals surface area contributed by atoms with Crippen LogP contribution in [0.3, 0.4) is 0 Å². The van der Waals surface area contributed by atoms with Crippen molar-refractivity contribution in [2.24, 2.45) is 13.0 Å². The molecule has 1 unspecified atom stereocenters. The van der Waals surface area contributed by atoms with Gasteiger partial charge in [0.25, 0.3) is 5.91 Å². The molecule has 0 spiro atoms. The molecule has 134 valence electrons. The number of rotatable bonds is 5. The number of nitrogens with zero attached hydrogens (tertiary/aromatic N) is 5. The number of hydrogen-bond acceptors (Lipinski definition) is 5. The zero-order valence-corrected chi connectivity index (χ0v) is 14.5. The van der Waals surface area contributed by atoms with Gasteiger partial charge in [-0.1, -0.05) is 0 Å². The molecular formula is C17H24N6O2. The van der Waals surface area contributed by atoms with Crippen LogP contribution in [-0.2, 0) is 31.4 Å². The third-order valence-corrected chi connectivity index (χ3v) is 4.87. The van der Waals surface area contributed by atoms with Gasteiger partial charge in [0, 0.05) is 45.7 Å². The van der Waals surface area contributed by atoms with Crippen molar-refractivity contribution in [3.05, 3.63) is 35.7 Å². The summed E-state index contributed by atoms with van der Waals surface area (Å²) in [6.45, 7) is 6.16. The fraction of sp³-hybridized carbons (Fsp3) is 0.588. The van der Waals surface area contributed by atoms with Crippen molar-refractivity contribution in [2.75, 3.05) is 26.3 Å². The van der Waals surface area contributed by atoms with Gasteiger partial charge in [0.2, 0.25) is 0 Å². The Hall–Kier alpha value is -2.19. The average Bonchev–Trinajstić information content (AvgIpc) is 3.33. The third-order valence-electron chi connectivity index (χ3n) is 4.87. The molecular weight excluding hydrogens is 320 g/mol. The number of aryl methyl sites for hydroxylation is 1. The molecule has 1 amide bonds. The van der Waals surface area contributed by atoms with Gasteiger partial charge in [-0.3, -0.25) is 14.4 Å². The van der Waals surface area contributed by atoms with Crippen molar-refractivity contribution in [3.8, 4) is 0 Å². The maximum absolute atomic E-state index is 12.1. The van der Waals surface area contributed by atoms with E-state index in [0.717, 1.165) is 57.3 Å². The average molecular weight is 344 g/mol. The summed E-state index contributed by atoms with van der Waals surface area (Å²) in [5, 5.41) is 6.93. The molecule has 0 radical (unpaired) electrons. The van der Waals surface area contributed by atoms with E-state index in [-0.39, 0.29) is 5.91 Å². The summed E-state index contributed by atoms with van der Waals surface area (Å²) >= 11 is 0. The van der Waals surface area contributed by atoms with Crippen molar-refractivity contribution in [2.45, 2.75) is 26.1 Å². The lowest BCUT2D eigenvalue weighted by atomic mass is 10.1. The summed E-state index contributed by atoms with van der Waals surface area (Å²) in [5.74, 6) is 1.61. The molecule has 4 rings (SSSR count). The Morgan fingerprint density at radius 1 is 1.40 bits per heavy atom. The van der Waals surface area contributed by atoms with Gasteiger partial charge in [-0.2, -0.15) is 5.10 Å². The Morgan fingerprint density at radius 3 is 3.08 bits per heavy atom. The molecule has 0 saturated carbocycles. The lowest BCUT2D eigenvalue weighted by Crippen LogP contribution is -2.37. The summed E-state index contributed by atoms with van der Waals surface area (Å²) in [6, 6.07) is 0. The summed E-state index contributed by atoms with van der Waals surface area (Å²) in [7, 11) is 1.80. The van der Waals surface area contributed by atoms with Crippen molar-refractivity contribution in [3.63, 3.8) is 0 Å². The molecule has 0 aliphatic carbocycles. The zero-order valence-electron chi connectivity index (χ0n) is 14.5. The van der Waals surface area contributed by atoms with E-state index in [1.165, 1.54) is 0 Å². The number of carbonyl (C=O) groups is 1. The first-order chi connectivity index (χ1) is 12.2. The maximum atomic E-state index is 12.1. The number of fused-ring (bicyclic) bond motifs is 1. The molecule has 8 nitrogen and oxygen atoms in total. The van der Waals surface area contributed by atoms with E-state index in [1.54, 1.807) is 24.1 Å². The number of imidazole rings is 1. The number of carbonyl (C=O) groups excluding carboxylic acids is 1. The summed E-state index contributed by atoms with van der Waals surface area (Å²) in [4.78, 5) is 19.3. The summed E-state index contributed by atoms with van der Waals surface area (Å²) in [6.07, 6.45) is 6.49. The van der Waals surface area contributed by atoms with Gasteiger partial charge < -0.3 is 14.6 Å². The SMILES string of the molecule is Cn1cc(C(=O)NCc2cn3c(n2)CN(CC2CCOC2)CC3)cn1. The molecule has 8 heteroatoms. The highest BCUT2D eigenvalue weighted by atomic mass is 16.5. The van der Waals surface area contributed by atoms with Crippen LogP contribution in [0.5, 0.6) is 0 Å². The first-order valence-corrected chi connectivity index (χ1v) is 8.79. The van der Waals surface area contributed by atoms with Crippen molar-refractivity contribution in [1.29, 1.82) is 0 Å². The Labute approximate surface area is 146 Å². The minimum Gasteiger partial charge on any atom is -0.381 e. The second-order valence-corrected chi connectivity index (χ2v) is 6.89. The van der Waals surface area contributed by atoms with Crippen LogP contribution in [0.25, 0.3) is 0 Å². The summed E-state index contributed by atoms with van der Waals surface area (Å²) < 4.78 is 9.29. The molecule has 1 saturated heterocycles. The Balaban J connectivity index is 1.33. The number of nitrogens with one attached hydrogen (secondary N) is 1. The third kappa shape index (κ3) is 3.74. The molecule has 1 atom stereocenters. The number of hydrogen-bond donors (Lipinski definition) is 1. The topological polar surface area (TPSA) is 77.2 Å². The van der Waals surface area contributed by atoms with Gasteiger partial charge in [0.15, 0.2) is 0 Å². The van der Waals surface area contributed by atoms with Crippen molar-refractivity contribution in [1.82, 2.24) is 29.5 Å². The van der Waals surface area contributed by atoms with Gasteiger partial charge in [-0.05, 0) is 12.3 Å². The lowest BCUT2D eigenvalue weighted by molar-refractivity contribution is 0.0950. The second kappa shape index (κ2) is 6.97. The van der Waals surface area contributed by atoms with Crippen molar-refractivity contribution >= 4 is 5.91 Å². The van der Waals surface area contributed by atoms with Crippen LogP contribution in [0.4, 0.5) is 0 Å². The Kier molecular flexibility index (Phi) is 4.54. The molecule has 4 heterocycles. The largest absolute Gasteiger partial charge is 0.381 e. The highest BCUT2D eigenvalue weighted by Gasteiger charge is 2.23. The van der Waals surface area contributed by atoms with Crippen LogP contribution in [0.15, 0.2) is 18.6 Å². The number of aromatic nitrogens is 4. The molecule has 2 aromatic rings. The smallest absolute Gasteiger partial charge is 0.254 e. The maximum Gasteiger partial charge on any atom is 0.254 e. The Bertz CT molecular complexity index is 746. The fourth-order valence-electron chi connectivity index (χ4n) is 3.51. The molecule has 1 N–H and O–H groups in total. The Morgan fingerprint density at radius 2 is 2.32 bits per heavy atom. The van der Waals surface area contributed by atoms with Crippen LogP contribution < -0.4 is 5.32 Å². The van der Waals surface area contributed by atoms with Gasteiger partial charge in [0.05, 0.1) is 37.2 Å². The standard InChI is InChI=1S/C17H24N6O2/c1-21-9-14(6-19-21)17(24)18-7-15-10-23-4-3-22(11-16(23)20-15)8-13-2-5-25-12-13/h6,9-10,13H,2-5,7-8,11-12H2,1H3,(H,18,24). The van der Waals surface area contributed by atoms with E-state index in [2.05, 4.69) is 26.1 Å². The quantitative estimate of drug-likeness (QED) is 0.850. The van der Waals surface area contributed by atoms with Crippen LogP contribution in [-0.4, -0.2) is 56.4 Å². The van der Waals surface area contributed by atoms with Gasteiger partial charge >= 0.3 is 0 Å². The molecule has 0 aromatic carbocycles. The van der Waals surface area contributed by atoms with E-state index in [1.807, 2.05) is 0 Å². The minimum absolute atomic E-state index is 0.123. The molecule has 2 aliphatic rings. The van der Waals surface area contributed by atoms with E-state index in [4.69, 9.17) is 9.72 Å². The highest BCUT2D eigenvalue weighted by Crippen LogP contribution is 2.18. The van der Waals surface area contributed by atoms with Crippen LogP contribution in [0.1, 0.15) is 28.3 Å². The number of ether oxygens (including phenoxy) is 1. The first-order valence-electron chi connectivity index (χ1n) is 8.79. The van der Waals surface area contributed by atoms with Gasteiger partial charge in [0.1, 0.15) is 5.82 Å². The van der Waals surface area contributed by atoms with Gasteiger partial charge in [-0.15, -0.1) is 0 Å².